The van der Waals surface area contributed by atoms with E-state index in [1.165, 1.54) is 6.07 Å². The SMILES string of the molecule is Cc1c(N)cccc1-c1nc2c(F)cccc2n1C(C)C. The van der Waals surface area contributed by atoms with Crippen molar-refractivity contribution in [3.05, 3.63) is 47.8 Å². The van der Waals surface area contributed by atoms with Gasteiger partial charge in [-0.2, -0.15) is 0 Å². The molecule has 2 aromatic carbocycles. The number of nitrogen functional groups attached to an aromatic ring is 1. The first kappa shape index (κ1) is 13.6. The van der Waals surface area contributed by atoms with Crippen LogP contribution in [0.5, 0.6) is 0 Å². The topological polar surface area (TPSA) is 43.8 Å². The van der Waals surface area contributed by atoms with Crippen LogP contribution < -0.4 is 5.73 Å². The minimum Gasteiger partial charge on any atom is -0.398 e. The lowest BCUT2D eigenvalue weighted by Crippen LogP contribution is -2.04. The van der Waals surface area contributed by atoms with Crippen molar-refractivity contribution in [1.82, 2.24) is 9.55 Å². The van der Waals surface area contributed by atoms with Crippen LogP contribution in [0.1, 0.15) is 25.5 Å². The maximum atomic E-state index is 14.0. The fraction of sp³-hybridized carbons (Fsp3) is 0.235. The number of hydrogen-bond acceptors (Lipinski definition) is 2. The average Bonchev–Trinajstić information content (AvgIpc) is 2.82. The lowest BCUT2D eigenvalue weighted by molar-refractivity contribution is 0.623. The van der Waals surface area contributed by atoms with Gasteiger partial charge in [0.2, 0.25) is 0 Å². The summed E-state index contributed by atoms with van der Waals surface area (Å²) in [6.07, 6.45) is 0. The second-order valence-corrected chi connectivity index (χ2v) is 5.53. The molecular weight excluding hydrogens is 265 g/mol. The molecule has 4 heteroatoms. The highest BCUT2D eigenvalue weighted by atomic mass is 19.1. The lowest BCUT2D eigenvalue weighted by Gasteiger charge is -2.15. The third kappa shape index (κ3) is 2.07. The minimum atomic E-state index is -0.297. The standard InChI is InChI=1S/C17H18FN3/c1-10(2)21-15-9-5-7-13(18)16(15)20-17(21)12-6-4-8-14(19)11(12)3/h4-10H,19H2,1-3H3. The number of nitrogens with two attached hydrogens (primary N) is 1. The van der Waals surface area contributed by atoms with Crippen molar-refractivity contribution in [2.45, 2.75) is 26.8 Å². The molecule has 0 amide bonds. The summed E-state index contributed by atoms with van der Waals surface area (Å²) >= 11 is 0. The van der Waals surface area contributed by atoms with Crippen LogP contribution in [-0.4, -0.2) is 9.55 Å². The predicted octanol–water partition coefficient (Wildman–Crippen LogP) is 4.31. The fourth-order valence-electron chi connectivity index (χ4n) is 2.69. The molecule has 3 nitrogen and oxygen atoms in total. The number of benzene rings is 2. The quantitative estimate of drug-likeness (QED) is 0.712. The monoisotopic (exact) mass is 283 g/mol. The lowest BCUT2D eigenvalue weighted by atomic mass is 10.1. The molecule has 3 rings (SSSR count). The van der Waals surface area contributed by atoms with E-state index in [9.17, 15) is 4.39 Å². The second-order valence-electron chi connectivity index (χ2n) is 5.53. The van der Waals surface area contributed by atoms with Gasteiger partial charge in [0.05, 0.1) is 5.52 Å². The largest absolute Gasteiger partial charge is 0.398 e. The van der Waals surface area contributed by atoms with E-state index < -0.39 is 0 Å². The molecule has 0 radical (unpaired) electrons. The zero-order valence-electron chi connectivity index (χ0n) is 12.4. The fourth-order valence-corrected chi connectivity index (χ4v) is 2.69. The molecule has 0 saturated heterocycles. The van der Waals surface area contributed by atoms with Crippen LogP contribution in [0, 0.1) is 12.7 Å². The summed E-state index contributed by atoms with van der Waals surface area (Å²) in [7, 11) is 0. The van der Waals surface area contributed by atoms with Gasteiger partial charge in [-0.25, -0.2) is 9.37 Å². The summed E-state index contributed by atoms with van der Waals surface area (Å²) in [6.45, 7) is 6.10. The van der Waals surface area contributed by atoms with Crippen LogP contribution in [0.4, 0.5) is 10.1 Å². The number of aromatic nitrogens is 2. The Morgan fingerprint density at radius 3 is 2.57 bits per heavy atom. The van der Waals surface area contributed by atoms with Crippen molar-refractivity contribution in [3.8, 4) is 11.4 Å². The highest BCUT2D eigenvalue weighted by Crippen LogP contribution is 2.32. The molecule has 0 bridgehead atoms. The molecule has 0 unspecified atom stereocenters. The number of rotatable bonds is 2. The average molecular weight is 283 g/mol. The third-order valence-corrected chi connectivity index (χ3v) is 3.80. The van der Waals surface area contributed by atoms with Crippen LogP contribution in [0.2, 0.25) is 0 Å². The molecule has 1 aromatic heterocycles. The summed E-state index contributed by atoms with van der Waals surface area (Å²) in [5.41, 5.74) is 9.84. The molecule has 0 aliphatic heterocycles. The van der Waals surface area contributed by atoms with Gasteiger partial charge in [-0.15, -0.1) is 0 Å². The van der Waals surface area contributed by atoms with E-state index in [1.54, 1.807) is 6.07 Å². The summed E-state index contributed by atoms with van der Waals surface area (Å²) < 4.78 is 16.1. The van der Waals surface area contributed by atoms with Gasteiger partial charge in [-0.1, -0.05) is 18.2 Å². The number of halogens is 1. The zero-order valence-corrected chi connectivity index (χ0v) is 12.4. The van der Waals surface area contributed by atoms with E-state index in [0.717, 1.165) is 28.2 Å². The Hall–Kier alpha value is -2.36. The number of fused-ring (bicyclic) bond motifs is 1. The van der Waals surface area contributed by atoms with Gasteiger partial charge in [0, 0.05) is 17.3 Å². The van der Waals surface area contributed by atoms with Gasteiger partial charge in [0.25, 0.3) is 0 Å². The summed E-state index contributed by atoms with van der Waals surface area (Å²) in [5.74, 6) is 0.463. The first-order valence-electron chi connectivity index (χ1n) is 7.02. The predicted molar refractivity (Wildman–Crippen MR) is 84.7 cm³/mol. The van der Waals surface area contributed by atoms with Gasteiger partial charge >= 0.3 is 0 Å². The number of anilines is 1. The van der Waals surface area contributed by atoms with Crippen molar-refractivity contribution < 1.29 is 4.39 Å². The van der Waals surface area contributed by atoms with Crippen molar-refractivity contribution >= 4 is 16.7 Å². The van der Waals surface area contributed by atoms with E-state index in [4.69, 9.17) is 5.73 Å². The highest BCUT2D eigenvalue weighted by molar-refractivity contribution is 5.83. The first-order valence-corrected chi connectivity index (χ1v) is 7.02. The normalized spacial score (nSPS) is 11.5. The number of imidazole rings is 1. The van der Waals surface area contributed by atoms with Crippen LogP contribution >= 0.6 is 0 Å². The first-order chi connectivity index (χ1) is 10.0. The van der Waals surface area contributed by atoms with Gasteiger partial charge < -0.3 is 10.3 Å². The van der Waals surface area contributed by atoms with Crippen LogP contribution in [0.3, 0.4) is 0 Å². The molecule has 0 atom stereocenters. The van der Waals surface area contributed by atoms with Crippen molar-refractivity contribution in [2.24, 2.45) is 0 Å². The Bertz CT molecular complexity index is 818. The molecule has 3 aromatic rings. The van der Waals surface area contributed by atoms with Crippen LogP contribution in [0.25, 0.3) is 22.4 Å². The third-order valence-electron chi connectivity index (χ3n) is 3.80. The van der Waals surface area contributed by atoms with Gasteiger partial charge in [-0.3, -0.25) is 0 Å². The van der Waals surface area contributed by atoms with Crippen molar-refractivity contribution in [3.63, 3.8) is 0 Å². The van der Waals surface area contributed by atoms with E-state index in [2.05, 4.69) is 23.4 Å². The minimum absolute atomic E-state index is 0.174. The number of hydrogen-bond donors (Lipinski definition) is 1. The van der Waals surface area contributed by atoms with Gasteiger partial charge in [-0.05, 0) is 44.5 Å². The highest BCUT2D eigenvalue weighted by Gasteiger charge is 2.18. The molecule has 0 fully saturated rings. The van der Waals surface area contributed by atoms with Crippen LogP contribution in [-0.2, 0) is 0 Å². The molecule has 108 valence electrons. The maximum absolute atomic E-state index is 14.0. The number of para-hydroxylation sites is 1. The summed E-state index contributed by atoms with van der Waals surface area (Å²) in [6, 6.07) is 11.0. The van der Waals surface area contributed by atoms with E-state index >= 15 is 0 Å². The summed E-state index contributed by atoms with van der Waals surface area (Å²) in [4.78, 5) is 4.54. The molecule has 0 aliphatic carbocycles. The summed E-state index contributed by atoms with van der Waals surface area (Å²) in [5, 5.41) is 0. The van der Waals surface area contributed by atoms with Crippen LogP contribution in [0.15, 0.2) is 36.4 Å². The zero-order chi connectivity index (χ0) is 15.1. The van der Waals surface area contributed by atoms with E-state index in [0.29, 0.717) is 5.52 Å². The molecule has 21 heavy (non-hydrogen) atoms. The Morgan fingerprint density at radius 1 is 1.14 bits per heavy atom. The smallest absolute Gasteiger partial charge is 0.151 e. The van der Waals surface area contributed by atoms with E-state index in [1.807, 2.05) is 31.2 Å². The second kappa shape index (κ2) is 4.88. The Balaban J connectivity index is 2.39. The van der Waals surface area contributed by atoms with Gasteiger partial charge in [0.15, 0.2) is 5.82 Å². The number of nitrogens with zero attached hydrogens (tertiary/aromatic N) is 2. The maximum Gasteiger partial charge on any atom is 0.151 e. The molecule has 0 spiro atoms. The molecular formula is C17H18FN3. The van der Waals surface area contributed by atoms with Gasteiger partial charge in [0.1, 0.15) is 11.3 Å². The molecule has 1 heterocycles. The molecule has 2 N–H and O–H groups in total. The molecule has 0 saturated carbocycles. The Morgan fingerprint density at radius 2 is 1.86 bits per heavy atom. The Labute approximate surface area is 123 Å². The van der Waals surface area contributed by atoms with Crippen molar-refractivity contribution in [1.29, 1.82) is 0 Å². The molecule has 0 aliphatic rings. The Kier molecular flexibility index (Phi) is 3.16. The van der Waals surface area contributed by atoms with Crippen molar-refractivity contribution in [2.75, 3.05) is 5.73 Å². The van der Waals surface area contributed by atoms with E-state index in [-0.39, 0.29) is 11.9 Å².